The molecule has 0 saturated heterocycles. The monoisotopic (exact) mass is 271 g/mol. The Labute approximate surface area is 120 Å². The Morgan fingerprint density at radius 2 is 1.85 bits per heavy atom. The van der Waals surface area contributed by atoms with Gasteiger partial charge in [-0.2, -0.15) is 0 Å². The van der Waals surface area contributed by atoms with Crippen LogP contribution in [-0.4, -0.2) is 17.6 Å². The lowest BCUT2D eigenvalue weighted by Crippen LogP contribution is -2.06. The fraction of sp³-hybridized carbons (Fsp3) is 0.353. The van der Waals surface area contributed by atoms with Gasteiger partial charge in [-0.15, -0.1) is 0 Å². The van der Waals surface area contributed by atoms with Crippen LogP contribution in [0.2, 0.25) is 0 Å². The summed E-state index contributed by atoms with van der Waals surface area (Å²) in [6, 6.07) is 8.57. The van der Waals surface area contributed by atoms with Crippen molar-refractivity contribution in [3.63, 3.8) is 0 Å². The fourth-order valence-corrected chi connectivity index (χ4v) is 2.25. The Morgan fingerprint density at radius 3 is 2.50 bits per heavy atom. The maximum Gasteiger partial charge on any atom is 0.355 e. The van der Waals surface area contributed by atoms with Gasteiger partial charge in [0.1, 0.15) is 5.69 Å². The second-order valence-electron chi connectivity index (χ2n) is 5.02. The SMILES string of the molecule is CCOC(=O)c1[nH]cc(CCc2ccc(C)cc2)c1C. The number of benzene rings is 1. The molecule has 0 amide bonds. The first-order chi connectivity index (χ1) is 9.61. The molecule has 0 aliphatic heterocycles. The Hall–Kier alpha value is -2.03. The highest BCUT2D eigenvalue weighted by Crippen LogP contribution is 2.16. The van der Waals surface area contributed by atoms with E-state index >= 15 is 0 Å². The zero-order valence-corrected chi connectivity index (χ0v) is 12.3. The van der Waals surface area contributed by atoms with Crippen LogP contribution in [0, 0.1) is 13.8 Å². The van der Waals surface area contributed by atoms with Gasteiger partial charge in [0.15, 0.2) is 0 Å². The van der Waals surface area contributed by atoms with E-state index in [0.29, 0.717) is 12.3 Å². The van der Waals surface area contributed by atoms with Crippen molar-refractivity contribution < 1.29 is 9.53 Å². The molecule has 3 heteroatoms. The summed E-state index contributed by atoms with van der Waals surface area (Å²) in [7, 11) is 0. The van der Waals surface area contributed by atoms with Crippen LogP contribution in [0.15, 0.2) is 30.5 Å². The summed E-state index contributed by atoms with van der Waals surface area (Å²) in [5.74, 6) is -0.272. The van der Waals surface area contributed by atoms with Gasteiger partial charge in [-0.1, -0.05) is 29.8 Å². The average molecular weight is 271 g/mol. The lowest BCUT2D eigenvalue weighted by Gasteiger charge is -2.03. The molecule has 0 spiro atoms. The molecule has 1 N–H and O–H groups in total. The van der Waals surface area contributed by atoms with Gasteiger partial charge in [-0.3, -0.25) is 0 Å². The van der Waals surface area contributed by atoms with E-state index in [9.17, 15) is 4.79 Å². The first-order valence-electron chi connectivity index (χ1n) is 7.01. The lowest BCUT2D eigenvalue weighted by atomic mass is 10.0. The predicted octanol–water partition coefficient (Wildman–Crippen LogP) is 3.59. The molecule has 0 fully saturated rings. The fourth-order valence-electron chi connectivity index (χ4n) is 2.25. The van der Waals surface area contributed by atoms with Crippen LogP contribution in [0.25, 0.3) is 0 Å². The third-order valence-corrected chi connectivity index (χ3v) is 3.53. The number of carbonyl (C=O) groups is 1. The number of H-pyrrole nitrogens is 1. The maximum atomic E-state index is 11.7. The number of esters is 1. The maximum absolute atomic E-state index is 11.7. The Kier molecular flexibility index (Phi) is 4.61. The molecule has 1 aromatic heterocycles. The molecule has 0 saturated carbocycles. The minimum atomic E-state index is -0.272. The molecule has 2 rings (SSSR count). The number of aromatic nitrogens is 1. The molecular formula is C17H21NO2. The largest absolute Gasteiger partial charge is 0.461 e. The predicted molar refractivity (Wildman–Crippen MR) is 80.1 cm³/mol. The number of nitrogens with one attached hydrogen (secondary N) is 1. The van der Waals surface area contributed by atoms with E-state index in [1.807, 2.05) is 20.0 Å². The summed E-state index contributed by atoms with van der Waals surface area (Å²) in [6.45, 7) is 6.27. The Bertz CT molecular complexity index is 582. The highest BCUT2D eigenvalue weighted by atomic mass is 16.5. The molecule has 0 radical (unpaired) electrons. The smallest absolute Gasteiger partial charge is 0.355 e. The minimum absolute atomic E-state index is 0.272. The van der Waals surface area contributed by atoms with Crippen LogP contribution in [0.3, 0.4) is 0 Å². The van der Waals surface area contributed by atoms with E-state index in [1.54, 1.807) is 0 Å². The molecule has 20 heavy (non-hydrogen) atoms. The van der Waals surface area contributed by atoms with Crippen LogP contribution in [0.4, 0.5) is 0 Å². The van der Waals surface area contributed by atoms with Gasteiger partial charge in [-0.05, 0) is 50.3 Å². The van der Waals surface area contributed by atoms with E-state index in [4.69, 9.17) is 4.74 Å². The summed E-state index contributed by atoms with van der Waals surface area (Å²) < 4.78 is 5.03. The van der Waals surface area contributed by atoms with Crippen molar-refractivity contribution in [1.29, 1.82) is 0 Å². The highest BCUT2D eigenvalue weighted by molar-refractivity contribution is 5.89. The van der Waals surface area contributed by atoms with Gasteiger partial charge in [0.05, 0.1) is 6.61 Å². The number of aromatic amines is 1. The van der Waals surface area contributed by atoms with Crippen molar-refractivity contribution in [2.24, 2.45) is 0 Å². The second kappa shape index (κ2) is 6.42. The topological polar surface area (TPSA) is 42.1 Å². The van der Waals surface area contributed by atoms with Crippen molar-refractivity contribution in [2.45, 2.75) is 33.6 Å². The minimum Gasteiger partial charge on any atom is -0.461 e. The molecule has 0 bridgehead atoms. The number of ether oxygens (including phenoxy) is 1. The number of hydrogen-bond donors (Lipinski definition) is 1. The summed E-state index contributed by atoms with van der Waals surface area (Å²) in [4.78, 5) is 14.8. The molecule has 1 aromatic carbocycles. The van der Waals surface area contributed by atoms with Gasteiger partial charge in [-0.25, -0.2) is 4.79 Å². The standard InChI is InChI=1S/C17H21NO2/c1-4-20-17(19)16-13(3)15(11-18-16)10-9-14-7-5-12(2)6-8-14/h5-8,11,18H,4,9-10H2,1-3H3. The van der Waals surface area contributed by atoms with Crippen LogP contribution in [-0.2, 0) is 17.6 Å². The van der Waals surface area contributed by atoms with Crippen molar-refractivity contribution in [3.05, 3.63) is 58.4 Å². The van der Waals surface area contributed by atoms with E-state index in [1.165, 1.54) is 16.7 Å². The lowest BCUT2D eigenvalue weighted by molar-refractivity contribution is 0.0519. The molecule has 0 unspecified atom stereocenters. The summed E-state index contributed by atoms with van der Waals surface area (Å²) in [5, 5.41) is 0. The van der Waals surface area contributed by atoms with Crippen LogP contribution >= 0.6 is 0 Å². The van der Waals surface area contributed by atoms with Crippen LogP contribution in [0.5, 0.6) is 0 Å². The number of hydrogen-bond acceptors (Lipinski definition) is 2. The molecule has 0 aliphatic rings. The third kappa shape index (κ3) is 3.29. The summed E-state index contributed by atoms with van der Waals surface area (Å²) in [5.41, 5.74) is 5.33. The van der Waals surface area contributed by atoms with E-state index < -0.39 is 0 Å². The Balaban J connectivity index is 2.03. The second-order valence-corrected chi connectivity index (χ2v) is 5.02. The van der Waals surface area contributed by atoms with Gasteiger partial charge in [0.25, 0.3) is 0 Å². The van der Waals surface area contributed by atoms with E-state index in [0.717, 1.165) is 18.4 Å². The normalized spacial score (nSPS) is 10.6. The first kappa shape index (κ1) is 14.4. The summed E-state index contributed by atoms with van der Waals surface area (Å²) in [6.07, 6.45) is 3.81. The average Bonchev–Trinajstić information content (AvgIpc) is 2.80. The number of rotatable bonds is 5. The Morgan fingerprint density at radius 1 is 1.15 bits per heavy atom. The van der Waals surface area contributed by atoms with Gasteiger partial charge < -0.3 is 9.72 Å². The zero-order valence-electron chi connectivity index (χ0n) is 12.3. The van der Waals surface area contributed by atoms with Crippen molar-refractivity contribution in [3.8, 4) is 0 Å². The molecule has 3 nitrogen and oxygen atoms in total. The van der Waals surface area contributed by atoms with Crippen molar-refractivity contribution >= 4 is 5.97 Å². The molecule has 2 aromatic rings. The third-order valence-electron chi connectivity index (χ3n) is 3.53. The molecular weight excluding hydrogens is 250 g/mol. The highest BCUT2D eigenvalue weighted by Gasteiger charge is 2.14. The van der Waals surface area contributed by atoms with E-state index in [-0.39, 0.29) is 5.97 Å². The van der Waals surface area contributed by atoms with Gasteiger partial charge >= 0.3 is 5.97 Å². The summed E-state index contributed by atoms with van der Waals surface area (Å²) >= 11 is 0. The van der Waals surface area contributed by atoms with Crippen molar-refractivity contribution in [1.82, 2.24) is 4.98 Å². The molecule has 106 valence electrons. The zero-order chi connectivity index (χ0) is 14.5. The molecule has 0 aliphatic carbocycles. The first-order valence-corrected chi connectivity index (χ1v) is 7.01. The quantitative estimate of drug-likeness (QED) is 0.844. The molecule has 0 atom stereocenters. The number of carbonyl (C=O) groups excluding carboxylic acids is 1. The van der Waals surface area contributed by atoms with Crippen molar-refractivity contribution in [2.75, 3.05) is 6.61 Å². The van der Waals surface area contributed by atoms with Gasteiger partial charge in [0, 0.05) is 6.20 Å². The van der Waals surface area contributed by atoms with Crippen LogP contribution in [0.1, 0.15) is 39.7 Å². The molecule has 1 heterocycles. The van der Waals surface area contributed by atoms with E-state index in [2.05, 4.69) is 36.2 Å². The van der Waals surface area contributed by atoms with Crippen LogP contribution < -0.4 is 0 Å². The number of aryl methyl sites for hydroxylation is 3. The van der Waals surface area contributed by atoms with Gasteiger partial charge in [0.2, 0.25) is 0 Å².